The van der Waals surface area contributed by atoms with Gasteiger partial charge in [-0.05, 0) is 59.0 Å². The summed E-state index contributed by atoms with van der Waals surface area (Å²) in [6.45, 7) is 5.61. The number of carbonyl (C=O) groups excluding carboxylic acids is 2. The first-order valence-corrected chi connectivity index (χ1v) is 12.9. The van der Waals surface area contributed by atoms with Gasteiger partial charge in [0.2, 0.25) is 5.91 Å². The van der Waals surface area contributed by atoms with Gasteiger partial charge in [-0.1, -0.05) is 79.7 Å². The summed E-state index contributed by atoms with van der Waals surface area (Å²) in [6.07, 6.45) is 1.87. The highest BCUT2D eigenvalue weighted by molar-refractivity contribution is 9.10. The van der Waals surface area contributed by atoms with Crippen LogP contribution in [0.1, 0.15) is 37.8 Å². The van der Waals surface area contributed by atoms with Crippen molar-refractivity contribution in [3.05, 3.63) is 101 Å². The van der Waals surface area contributed by atoms with Crippen LogP contribution in [0.15, 0.2) is 89.4 Å². The highest BCUT2D eigenvalue weighted by Gasteiger charge is 2.22. The zero-order valence-corrected chi connectivity index (χ0v) is 22.1. The van der Waals surface area contributed by atoms with Crippen molar-refractivity contribution in [1.82, 2.24) is 9.80 Å². The number of nitrogens with one attached hydrogen (secondary N) is 1. The average Bonchev–Trinajstić information content (AvgIpc) is 2.88. The number of benzene rings is 3. The minimum absolute atomic E-state index is 0.0113. The van der Waals surface area contributed by atoms with Crippen LogP contribution in [0.3, 0.4) is 0 Å². The van der Waals surface area contributed by atoms with Crippen LogP contribution in [0.5, 0.6) is 0 Å². The van der Waals surface area contributed by atoms with Crippen LogP contribution in [-0.2, 0) is 17.8 Å². The summed E-state index contributed by atoms with van der Waals surface area (Å²) in [4.78, 5) is 30.2. The summed E-state index contributed by atoms with van der Waals surface area (Å²) in [7, 11) is 0. The van der Waals surface area contributed by atoms with Gasteiger partial charge in [0.05, 0.1) is 5.69 Å². The third kappa shape index (κ3) is 8.25. The standard InChI is InChI=1S/C29H34BrN3O2/c1-3-23(2)33(29(35)31-27-17-11-10-16-26(27)30)21-19-28(34)32(22-25-14-8-5-9-15-25)20-18-24-12-6-4-7-13-24/h4-17,23H,3,18-22H2,1-2H3,(H,31,35). The molecule has 3 aromatic carbocycles. The lowest BCUT2D eigenvalue weighted by atomic mass is 10.1. The number of rotatable bonds is 11. The van der Waals surface area contributed by atoms with E-state index < -0.39 is 0 Å². The maximum absolute atomic E-state index is 13.4. The normalized spacial score (nSPS) is 11.5. The summed E-state index contributed by atoms with van der Waals surface area (Å²) >= 11 is 3.48. The van der Waals surface area contributed by atoms with Crippen molar-refractivity contribution in [2.45, 2.75) is 45.7 Å². The van der Waals surface area contributed by atoms with E-state index in [1.807, 2.05) is 91.5 Å². The Labute approximate surface area is 217 Å². The van der Waals surface area contributed by atoms with Crippen molar-refractivity contribution in [2.75, 3.05) is 18.4 Å². The number of amides is 3. The van der Waals surface area contributed by atoms with Crippen LogP contribution in [0.25, 0.3) is 0 Å². The predicted octanol–water partition coefficient (Wildman–Crippen LogP) is 6.74. The van der Waals surface area contributed by atoms with Gasteiger partial charge in [-0.2, -0.15) is 0 Å². The SMILES string of the molecule is CCC(C)N(CCC(=O)N(CCc1ccccc1)Cc1ccccc1)C(=O)Nc1ccccc1Br. The minimum Gasteiger partial charge on any atom is -0.338 e. The molecule has 1 unspecified atom stereocenters. The highest BCUT2D eigenvalue weighted by Crippen LogP contribution is 2.22. The molecule has 3 rings (SSSR count). The molecule has 5 nitrogen and oxygen atoms in total. The molecule has 1 atom stereocenters. The lowest BCUT2D eigenvalue weighted by Gasteiger charge is -2.30. The van der Waals surface area contributed by atoms with E-state index in [1.165, 1.54) is 5.56 Å². The molecule has 0 bridgehead atoms. The van der Waals surface area contributed by atoms with Gasteiger partial charge in [0.1, 0.15) is 0 Å². The quantitative estimate of drug-likeness (QED) is 0.295. The number of urea groups is 1. The fourth-order valence-corrected chi connectivity index (χ4v) is 4.25. The van der Waals surface area contributed by atoms with Gasteiger partial charge in [0.15, 0.2) is 0 Å². The Morgan fingerprint density at radius 3 is 2.09 bits per heavy atom. The molecule has 0 saturated heterocycles. The van der Waals surface area contributed by atoms with Crippen molar-refractivity contribution in [2.24, 2.45) is 0 Å². The first-order chi connectivity index (χ1) is 17.0. The van der Waals surface area contributed by atoms with Crippen molar-refractivity contribution in [3.8, 4) is 0 Å². The molecule has 6 heteroatoms. The van der Waals surface area contributed by atoms with E-state index in [0.717, 1.165) is 22.9 Å². The summed E-state index contributed by atoms with van der Waals surface area (Å²) in [5.74, 6) is 0.0479. The Balaban J connectivity index is 1.68. The van der Waals surface area contributed by atoms with E-state index in [0.29, 0.717) is 25.3 Å². The molecule has 0 aliphatic rings. The molecule has 0 heterocycles. The topological polar surface area (TPSA) is 52.7 Å². The maximum Gasteiger partial charge on any atom is 0.322 e. The van der Waals surface area contributed by atoms with Crippen LogP contribution >= 0.6 is 15.9 Å². The van der Waals surface area contributed by atoms with E-state index in [2.05, 4.69) is 33.4 Å². The number of halogens is 1. The van der Waals surface area contributed by atoms with Crippen molar-refractivity contribution >= 4 is 33.6 Å². The molecular weight excluding hydrogens is 502 g/mol. The molecular formula is C29H34BrN3O2. The second-order valence-electron chi connectivity index (χ2n) is 8.65. The van der Waals surface area contributed by atoms with Crippen LogP contribution in [0.4, 0.5) is 10.5 Å². The molecule has 3 aromatic rings. The number of carbonyl (C=O) groups is 2. The van der Waals surface area contributed by atoms with E-state index in [1.54, 1.807) is 4.90 Å². The fraction of sp³-hybridized carbons (Fsp3) is 0.310. The number of hydrogen-bond donors (Lipinski definition) is 1. The molecule has 0 radical (unpaired) electrons. The summed E-state index contributed by atoms with van der Waals surface area (Å²) < 4.78 is 0.823. The molecule has 0 saturated carbocycles. The maximum atomic E-state index is 13.4. The summed E-state index contributed by atoms with van der Waals surface area (Å²) in [5, 5.41) is 2.98. The molecule has 3 amide bonds. The molecule has 0 aliphatic carbocycles. The van der Waals surface area contributed by atoms with Gasteiger partial charge in [-0.3, -0.25) is 4.79 Å². The predicted molar refractivity (Wildman–Crippen MR) is 146 cm³/mol. The Hall–Kier alpha value is -3.12. The molecule has 0 aromatic heterocycles. The number of para-hydroxylation sites is 1. The Kier molecular flexibility index (Phi) is 10.4. The van der Waals surface area contributed by atoms with Gasteiger partial charge in [-0.25, -0.2) is 4.79 Å². The molecule has 35 heavy (non-hydrogen) atoms. The van der Waals surface area contributed by atoms with Crippen LogP contribution < -0.4 is 5.32 Å². The number of hydrogen-bond acceptors (Lipinski definition) is 2. The van der Waals surface area contributed by atoms with E-state index in [-0.39, 0.29) is 24.4 Å². The second-order valence-corrected chi connectivity index (χ2v) is 9.50. The molecule has 0 spiro atoms. The monoisotopic (exact) mass is 535 g/mol. The smallest absolute Gasteiger partial charge is 0.322 e. The lowest BCUT2D eigenvalue weighted by molar-refractivity contribution is -0.132. The Bertz CT molecular complexity index is 1080. The van der Waals surface area contributed by atoms with Crippen LogP contribution in [0.2, 0.25) is 0 Å². The summed E-state index contributed by atoms with van der Waals surface area (Å²) in [5.41, 5.74) is 3.01. The van der Waals surface area contributed by atoms with Gasteiger partial charge in [-0.15, -0.1) is 0 Å². The van der Waals surface area contributed by atoms with Crippen LogP contribution in [0, 0.1) is 0 Å². The van der Waals surface area contributed by atoms with Gasteiger partial charge in [0, 0.05) is 36.6 Å². The van der Waals surface area contributed by atoms with Gasteiger partial charge < -0.3 is 15.1 Å². The highest BCUT2D eigenvalue weighted by atomic mass is 79.9. The number of anilines is 1. The molecule has 0 aliphatic heterocycles. The minimum atomic E-state index is -0.196. The average molecular weight is 537 g/mol. The second kappa shape index (κ2) is 13.7. The molecule has 184 valence electrons. The third-order valence-corrected chi connectivity index (χ3v) is 6.84. The van der Waals surface area contributed by atoms with E-state index in [9.17, 15) is 9.59 Å². The van der Waals surface area contributed by atoms with Crippen molar-refractivity contribution in [1.29, 1.82) is 0 Å². The van der Waals surface area contributed by atoms with Gasteiger partial charge >= 0.3 is 6.03 Å². The summed E-state index contributed by atoms with van der Waals surface area (Å²) in [6, 6.07) is 27.6. The first kappa shape index (κ1) is 26.5. The largest absolute Gasteiger partial charge is 0.338 e. The zero-order valence-electron chi connectivity index (χ0n) is 20.5. The fourth-order valence-electron chi connectivity index (χ4n) is 3.87. The Morgan fingerprint density at radius 2 is 1.46 bits per heavy atom. The third-order valence-electron chi connectivity index (χ3n) is 6.15. The Morgan fingerprint density at radius 1 is 0.857 bits per heavy atom. The molecule has 1 N–H and O–H groups in total. The van der Waals surface area contributed by atoms with Crippen LogP contribution in [-0.4, -0.2) is 40.9 Å². The van der Waals surface area contributed by atoms with Crippen molar-refractivity contribution < 1.29 is 9.59 Å². The lowest BCUT2D eigenvalue weighted by Crippen LogP contribution is -2.44. The first-order valence-electron chi connectivity index (χ1n) is 12.2. The molecule has 0 fully saturated rings. The van der Waals surface area contributed by atoms with Crippen molar-refractivity contribution in [3.63, 3.8) is 0 Å². The number of nitrogens with zero attached hydrogens (tertiary/aromatic N) is 2. The van der Waals surface area contributed by atoms with Gasteiger partial charge in [0.25, 0.3) is 0 Å². The zero-order chi connectivity index (χ0) is 25.0. The van der Waals surface area contributed by atoms with E-state index >= 15 is 0 Å². The van der Waals surface area contributed by atoms with E-state index in [4.69, 9.17) is 0 Å².